The third-order valence-corrected chi connectivity index (χ3v) is 2.13. The molecule has 0 aliphatic carbocycles. The minimum absolute atomic E-state index is 0.364. The van der Waals surface area contributed by atoms with E-state index < -0.39 is 23.9 Å². The number of rotatable bonds is 8. The summed E-state index contributed by atoms with van der Waals surface area (Å²) in [6.07, 6.45) is 3.70. The van der Waals surface area contributed by atoms with Gasteiger partial charge in [-0.1, -0.05) is 0 Å². The molecule has 0 unspecified atom stereocenters. The highest BCUT2D eigenvalue weighted by atomic mass is 16.5. The molecule has 0 bridgehead atoms. The van der Waals surface area contributed by atoms with Crippen molar-refractivity contribution in [2.75, 3.05) is 13.7 Å². The molecule has 18 heavy (non-hydrogen) atoms. The smallest absolute Gasteiger partial charge is 0.330 e. The van der Waals surface area contributed by atoms with Gasteiger partial charge in [0.1, 0.15) is 6.04 Å². The Morgan fingerprint density at radius 1 is 1.33 bits per heavy atom. The van der Waals surface area contributed by atoms with Gasteiger partial charge in [-0.25, -0.2) is 4.79 Å². The molecule has 7 nitrogen and oxygen atoms in total. The van der Waals surface area contributed by atoms with E-state index in [1.165, 1.54) is 7.11 Å². The predicted molar refractivity (Wildman–Crippen MR) is 63.6 cm³/mol. The predicted octanol–water partition coefficient (Wildman–Crippen LogP) is -0.586. The largest absolute Gasteiger partial charge is 0.480 e. The average Bonchev–Trinajstić information content (AvgIpc) is 2.34. The van der Waals surface area contributed by atoms with E-state index in [1.807, 2.05) is 0 Å². The van der Waals surface area contributed by atoms with Crippen molar-refractivity contribution in [3.8, 4) is 0 Å². The second-order valence-electron chi connectivity index (χ2n) is 3.59. The first-order chi connectivity index (χ1) is 8.47. The molecule has 0 rings (SSSR count). The zero-order valence-electron chi connectivity index (χ0n) is 10.2. The van der Waals surface area contributed by atoms with E-state index in [0.717, 1.165) is 12.2 Å². The first-order valence-electron chi connectivity index (χ1n) is 5.49. The Balaban J connectivity index is 3.61. The van der Waals surface area contributed by atoms with Gasteiger partial charge >= 0.3 is 11.9 Å². The van der Waals surface area contributed by atoms with Crippen LogP contribution >= 0.6 is 0 Å². The van der Waals surface area contributed by atoms with Crippen molar-refractivity contribution in [1.29, 1.82) is 0 Å². The minimum atomic E-state index is -1.03. The zero-order chi connectivity index (χ0) is 14.0. The summed E-state index contributed by atoms with van der Waals surface area (Å²) in [5.74, 6) is -2.03. The number of nitrogens with one attached hydrogen (secondary N) is 1. The van der Waals surface area contributed by atoms with Crippen LogP contribution in [0, 0.1) is 0 Å². The molecular weight excluding hydrogens is 240 g/mol. The SMILES string of the molecule is COC(=O)/C=C/C(=O)NCCCC[C@H](N)C(=O)O. The van der Waals surface area contributed by atoms with Crippen molar-refractivity contribution in [2.24, 2.45) is 5.73 Å². The van der Waals surface area contributed by atoms with Crippen LogP contribution in [0.15, 0.2) is 12.2 Å². The number of hydrogen-bond acceptors (Lipinski definition) is 5. The van der Waals surface area contributed by atoms with Crippen molar-refractivity contribution in [3.05, 3.63) is 12.2 Å². The van der Waals surface area contributed by atoms with Gasteiger partial charge in [0, 0.05) is 18.7 Å². The molecule has 0 aromatic rings. The number of nitrogens with two attached hydrogens (primary N) is 1. The van der Waals surface area contributed by atoms with Crippen LogP contribution in [0.1, 0.15) is 19.3 Å². The highest BCUT2D eigenvalue weighted by Crippen LogP contribution is 1.98. The van der Waals surface area contributed by atoms with Gasteiger partial charge in [-0.2, -0.15) is 0 Å². The molecule has 0 aliphatic heterocycles. The first kappa shape index (κ1) is 16.1. The quantitative estimate of drug-likeness (QED) is 0.304. The number of aliphatic carboxylic acids is 1. The number of unbranched alkanes of at least 4 members (excludes halogenated alkanes) is 1. The van der Waals surface area contributed by atoms with Crippen molar-refractivity contribution in [1.82, 2.24) is 5.32 Å². The Morgan fingerprint density at radius 3 is 2.56 bits per heavy atom. The maximum atomic E-state index is 11.1. The van der Waals surface area contributed by atoms with Crippen LogP contribution in [0.2, 0.25) is 0 Å². The second-order valence-corrected chi connectivity index (χ2v) is 3.59. The van der Waals surface area contributed by atoms with Crippen LogP contribution in [-0.2, 0) is 19.1 Å². The third kappa shape index (κ3) is 8.28. The molecule has 4 N–H and O–H groups in total. The number of carboxylic acids is 1. The number of carbonyl (C=O) groups excluding carboxylic acids is 2. The molecule has 0 aromatic carbocycles. The van der Waals surface area contributed by atoms with E-state index in [0.29, 0.717) is 25.8 Å². The standard InChI is InChI=1S/C11H18N2O5/c1-18-10(15)6-5-9(14)13-7-3-2-4-8(12)11(16)17/h5-6,8H,2-4,7,12H2,1H3,(H,13,14)(H,16,17)/b6-5+/t8-/m0/s1. The zero-order valence-corrected chi connectivity index (χ0v) is 10.2. The van der Waals surface area contributed by atoms with Gasteiger partial charge in [0.05, 0.1) is 7.11 Å². The maximum absolute atomic E-state index is 11.1. The van der Waals surface area contributed by atoms with Gasteiger partial charge in [-0.15, -0.1) is 0 Å². The summed E-state index contributed by atoms with van der Waals surface area (Å²) in [5.41, 5.74) is 5.31. The van der Waals surface area contributed by atoms with Crippen molar-refractivity contribution < 1.29 is 24.2 Å². The number of carboxylic acid groups (broad SMARTS) is 1. The van der Waals surface area contributed by atoms with Crippen LogP contribution in [-0.4, -0.2) is 42.6 Å². The Hall–Kier alpha value is -1.89. The molecule has 0 aliphatic rings. The number of amides is 1. The van der Waals surface area contributed by atoms with E-state index >= 15 is 0 Å². The number of hydrogen-bond donors (Lipinski definition) is 3. The molecule has 0 heterocycles. The van der Waals surface area contributed by atoms with Crippen molar-refractivity contribution in [2.45, 2.75) is 25.3 Å². The van der Waals surface area contributed by atoms with Gasteiger partial charge in [0.2, 0.25) is 5.91 Å². The minimum Gasteiger partial charge on any atom is -0.480 e. The summed E-state index contributed by atoms with van der Waals surface area (Å²) in [5, 5.41) is 11.1. The molecule has 102 valence electrons. The third-order valence-electron chi connectivity index (χ3n) is 2.13. The summed E-state index contributed by atoms with van der Waals surface area (Å²) in [7, 11) is 1.22. The van der Waals surface area contributed by atoms with Gasteiger partial charge in [0.25, 0.3) is 0 Å². The summed E-state index contributed by atoms with van der Waals surface area (Å²) in [4.78, 5) is 32.2. The average molecular weight is 258 g/mol. The Morgan fingerprint density at radius 2 is 2.00 bits per heavy atom. The van der Waals surface area contributed by atoms with Crippen LogP contribution in [0.4, 0.5) is 0 Å². The molecule has 1 atom stereocenters. The molecule has 7 heteroatoms. The molecule has 1 amide bonds. The summed E-state index contributed by atoms with van der Waals surface area (Å²) >= 11 is 0. The van der Waals surface area contributed by atoms with Crippen LogP contribution in [0.3, 0.4) is 0 Å². The lowest BCUT2D eigenvalue weighted by Gasteiger charge is -2.05. The summed E-state index contributed by atoms with van der Waals surface area (Å²) in [6, 6.07) is -0.861. The van der Waals surface area contributed by atoms with E-state index in [2.05, 4.69) is 10.1 Å². The molecule has 0 fully saturated rings. The lowest BCUT2D eigenvalue weighted by Crippen LogP contribution is -2.30. The number of methoxy groups -OCH3 is 1. The molecule has 0 spiro atoms. The van der Waals surface area contributed by atoms with E-state index in [9.17, 15) is 14.4 Å². The monoisotopic (exact) mass is 258 g/mol. The number of carbonyl (C=O) groups is 3. The topological polar surface area (TPSA) is 119 Å². The van der Waals surface area contributed by atoms with Gasteiger partial charge in [-0.05, 0) is 19.3 Å². The fraction of sp³-hybridized carbons (Fsp3) is 0.545. The van der Waals surface area contributed by atoms with Crippen molar-refractivity contribution >= 4 is 17.8 Å². The van der Waals surface area contributed by atoms with Crippen LogP contribution in [0.5, 0.6) is 0 Å². The van der Waals surface area contributed by atoms with E-state index in [4.69, 9.17) is 10.8 Å². The molecular formula is C11H18N2O5. The Bertz CT molecular complexity index is 327. The number of ether oxygens (including phenoxy) is 1. The van der Waals surface area contributed by atoms with Gasteiger partial charge in [-0.3, -0.25) is 9.59 Å². The number of esters is 1. The van der Waals surface area contributed by atoms with Crippen molar-refractivity contribution in [3.63, 3.8) is 0 Å². The summed E-state index contributed by atoms with van der Waals surface area (Å²) in [6.45, 7) is 0.399. The first-order valence-corrected chi connectivity index (χ1v) is 5.49. The summed E-state index contributed by atoms with van der Waals surface area (Å²) < 4.78 is 4.32. The lowest BCUT2D eigenvalue weighted by atomic mass is 10.1. The highest BCUT2D eigenvalue weighted by Gasteiger charge is 2.09. The van der Waals surface area contributed by atoms with E-state index in [-0.39, 0.29) is 0 Å². The maximum Gasteiger partial charge on any atom is 0.330 e. The Kier molecular flexibility index (Phi) is 8.21. The molecule has 0 radical (unpaired) electrons. The molecule has 0 saturated heterocycles. The fourth-order valence-electron chi connectivity index (χ4n) is 1.10. The highest BCUT2D eigenvalue weighted by molar-refractivity contribution is 5.94. The second kappa shape index (κ2) is 9.17. The normalized spacial score (nSPS) is 12.1. The molecule has 0 saturated carbocycles. The lowest BCUT2D eigenvalue weighted by molar-refractivity contribution is -0.138. The van der Waals surface area contributed by atoms with Gasteiger partial charge < -0.3 is 20.9 Å². The van der Waals surface area contributed by atoms with Crippen LogP contribution < -0.4 is 11.1 Å². The fourth-order valence-corrected chi connectivity index (χ4v) is 1.10. The van der Waals surface area contributed by atoms with Gasteiger partial charge in [0.15, 0.2) is 0 Å². The Labute approximate surface area is 105 Å². The van der Waals surface area contributed by atoms with Crippen LogP contribution in [0.25, 0.3) is 0 Å². The molecule has 0 aromatic heterocycles. The van der Waals surface area contributed by atoms with E-state index in [1.54, 1.807) is 0 Å².